The molecule has 0 radical (unpaired) electrons. The molecule has 0 spiro atoms. The molecule has 2 heteroatoms. The molecule has 0 unspecified atom stereocenters. The molecule has 0 fully saturated rings. The molecule has 0 amide bonds. The summed E-state index contributed by atoms with van der Waals surface area (Å²) in [6, 6.07) is 0. The van der Waals surface area contributed by atoms with Gasteiger partial charge < -0.3 is 4.43 Å². The average Bonchev–Trinajstić information content (AvgIpc) is 2.49. The fourth-order valence-electron chi connectivity index (χ4n) is 3.92. The second kappa shape index (κ2) is 9.06. The average molecular weight is 377 g/mol. The zero-order valence-electron chi connectivity index (χ0n) is 18.9. The van der Waals surface area contributed by atoms with E-state index >= 15 is 0 Å². The minimum atomic E-state index is -1.84. The molecular weight excluding hydrogens is 332 g/mol. The summed E-state index contributed by atoms with van der Waals surface area (Å²) >= 11 is 0. The lowest BCUT2D eigenvalue weighted by atomic mass is 9.71. The van der Waals surface area contributed by atoms with Gasteiger partial charge in [0.2, 0.25) is 0 Å². The topological polar surface area (TPSA) is 9.23 Å². The zero-order valence-corrected chi connectivity index (χ0v) is 19.9. The Morgan fingerprint density at radius 2 is 1.96 bits per heavy atom. The molecule has 0 heterocycles. The first-order valence-corrected chi connectivity index (χ1v) is 13.4. The predicted octanol–water partition coefficient (Wildman–Crippen LogP) is 8.21. The molecule has 2 atom stereocenters. The zero-order chi connectivity index (χ0) is 20.2. The molecule has 0 N–H and O–H groups in total. The van der Waals surface area contributed by atoms with Crippen LogP contribution < -0.4 is 0 Å². The summed E-state index contributed by atoms with van der Waals surface area (Å²) in [5.41, 5.74) is 4.39. The molecule has 26 heavy (non-hydrogen) atoms. The van der Waals surface area contributed by atoms with E-state index in [-0.39, 0.29) is 10.6 Å². The Morgan fingerprint density at radius 1 is 1.35 bits per heavy atom. The Morgan fingerprint density at radius 3 is 2.46 bits per heavy atom. The Labute approximate surface area is 165 Å². The van der Waals surface area contributed by atoms with Crippen molar-refractivity contribution in [1.29, 1.82) is 0 Å². The van der Waals surface area contributed by atoms with Gasteiger partial charge in [-0.05, 0) is 88.4 Å². The molecule has 1 aliphatic rings. The first-order chi connectivity index (χ1) is 11.9. The number of unbranched alkanes of at least 4 members (excludes halogenated alkanes) is 1. The highest BCUT2D eigenvalue weighted by Crippen LogP contribution is 2.49. The first-order valence-electron chi connectivity index (χ1n) is 10.5. The number of hydrogen-bond acceptors (Lipinski definition) is 1. The fraction of sp³-hybridized carbons (Fsp3) is 0.750. The summed E-state index contributed by atoms with van der Waals surface area (Å²) in [7, 11) is -1.84. The monoisotopic (exact) mass is 376 g/mol. The normalized spacial score (nSPS) is 24.7. The highest BCUT2D eigenvalue weighted by Gasteiger charge is 2.47. The van der Waals surface area contributed by atoms with Gasteiger partial charge in [-0.15, -0.1) is 13.2 Å². The number of rotatable bonds is 9. The third-order valence-corrected chi connectivity index (χ3v) is 11.3. The molecule has 0 aromatic heterocycles. The maximum absolute atomic E-state index is 7.20. The summed E-state index contributed by atoms with van der Waals surface area (Å²) < 4.78 is 7.20. The summed E-state index contributed by atoms with van der Waals surface area (Å²) in [6.07, 6.45) is 10.1. The van der Waals surface area contributed by atoms with Crippen LogP contribution in [0.3, 0.4) is 0 Å². The molecular formula is C24H44OSi. The van der Waals surface area contributed by atoms with Crippen LogP contribution in [0.1, 0.15) is 86.5 Å². The second-order valence-electron chi connectivity index (χ2n) is 10.1. The van der Waals surface area contributed by atoms with Gasteiger partial charge in [-0.3, -0.25) is 0 Å². The lowest BCUT2D eigenvalue weighted by Gasteiger charge is -2.50. The van der Waals surface area contributed by atoms with Crippen LogP contribution in [0.2, 0.25) is 18.1 Å². The van der Waals surface area contributed by atoms with Crippen LogP contribution in [-0.4, -0.2) is 13.9 Å². The van der Waals surface area contributed by atoms with E-state index in [1.807, 2.05) is 6.08 Å². The van der Waals surface area contributed by atoms with E-state index in [1.165, 1.54) is 24.0 Å². The summed E-state index contributed by atoms with van der Waals surface area (Å²) in [6.45, 7) is 26.8. The van der Waals surface area contributed by atoms with Gasteiger partial charge in [0.25, 0.3) is 0 Å². The van der Waals surface area contributed by atoms with Crippen LogP contribution in [-0.2, 0) is 4.43 Å². The van der Waals surface area contributed by atoms with Gasteiger partial charge in [-0.25, -0.2) is 0 Å². The largest absolute Gasteiger partial charge is 0.408 e. The molecule has 0 saturated carbocycles. The van der Waals surface area contributed by atoms with Crippen molar-refractivity contribution in [3.05, 3.63) is 36.0 Å². The maximum atomic E-state index is 7.20. The Bertz CT molecular complexity index is 535. The third-order valence-electron chi connectivity index (χ3n) is 6.81. The lowest BCUT2D eigenvalue weighted by Crippen LogP contribution is -2.52. The molecule has 0 bridgehead atoms. The van der Waals surface area contributed by atoms with E-state index in [1.54, 1.807) is 5.57 Å². The molecule has 0 aromatic rings. The highest BCUT2D eigenvalue weighted by molar-refractivity contribution is 6.74. The van der Waals surface area contributed by atoms with Gasteiger partial charge in [0, 0.05) is 0 Å². The minimum absolute atomic E-state index is 0.0665. The highest BCUT2D eigenvalue weighted by atomic mass is 28.4. The van der Waals surface area contributed by atoms with Crippen LogP contribution in [0.15, 0.2) is 36.0 Å². The van der Waals surface area contributed by atoms with Crippen LogP contribution in [0, 0.1) is 5.92 Å². The smallest absolute Gasteiger partial charge is 0.193 e. The van der Waals surface area contributed by atoms with Crippen LogP contribution in [0.4, 0.5) is 0 Å². The fourth-order valence-corrected chi connectivity index (χ4v) is 5.56. The van der Waals surface area contributed by atoms with E-state index in [4.69, 9.17) is 4.43 Å². The van der Waals surface area contributed by atoms with Crippen LogP contribution >= 0.6 is 0 Å². The van der Waals surface area contributed by atoms with Gasteiger partial charge in [0.15, 0.2) is 8.32 Å². The third kappa shape index (κ3) is 5.69. The molecule has 150 valence electrons. The van der Waals surface area contributed by atoms with E-state index in [0.29, 0.717) is 5.92 Å². The van der Waals surface area contributed by atoms with Crippen LogP contribution in [0.5, 0.6) is 0 Å². The predicted molar refractivity (Wildman–Crippen MR) is 120 cm³/mol. The van der Waals surface area contributed by atoms with Gasteiger partial charge in [-0.2, -0.15) is 0 Å². The van der Waals surface area contributed by atoms with E-state index < -0.39 is 8.32 Å². The Kier molecular flexibility index (Phi) is 8.17. The minimum Gasteiger partial charge on any atom is -0.408 e. The number of allylic oxidation sites excluding steroid dienone is 3. The van der Waals surface area contributed by atoms with Gasteiger partial charge in [0.05, 0.1) is 5.60 Å². The van der Waals surface area contributed by atoms with Gasteiger partial charge >= 0.3 is 0 Å². The maximum Gasteiger partial charge on any atom is 0.193 e. The summed E-state index contributed by atoms with van der Waals surface area (Å²) in [5, 5.41) is 0.236. The molecule has 0 aliphatic heterocycles. The molecule has 1 rings (SSSR count). The van der Waals surface area contributed by atoms with Crippen molar-refractivity contribution in [1.82, 2.24) is 0 Å². The summed E-state index contributed by atoms with van der Waals surface area (Å²) in [5.74, 6) is 0.671. The van der Waals surface area contributed by atoms with E-state index in [0.717, 1.165) is 32.1 Å². The standard InChI is InChI=1S/C24H44OSi/c1-11-12-13-17-24(25-26(9,10)23(6,7)8)18-16-20(4)22(21(24)5)15-14-19(2)3/h11,20H,1-2,12-18H2,3-10H3/t20-,24+/m1/s1. The Hall–Kier alpha value is -0.603. The van der Waals surface area contributed by atoms with E-state index in [9.17, 15) is 0 Å². The molecule has 1 nitrogen and oxygen atoms in total. The van der Waals surface area contributed by atoms with E-state index in [2.05, 4.69) is 67.8 Å². The Balaban J connectivity index is 3.29. The van der Waals surface area contributed by atoms with Crippen molar-refractivity contribution in [2.45, 2.75) is 110 Å². The van der Waals surface area contributed by atoms with Crippen molar-refractivity contribution >= 4 is 8.32 Å². The quantitative estimate of drug-likeness (QED) is 0.224. The van der Waals surface area contributed by atoms with Crippen molar-refractivity contribution in [3.8, 4) is 0 Å². The second-order valence-corrected chi connectivity index (χ2v) is 14.8. The first kappa shape index (κ1) is 23.4. The van der Waals surface area contributed by atoms with Crippen molar-refractivity contribution in [3.63, 3.8) is 0 Å². The SMILES string of the molecule is C=CCCC[C@]1(O[Si](C)(C)C(C)(C)C)CC[C@@H](C)C(CCC(=C)C)=C1C. The molecule has 1 aliphatic carbocycles. The number of hydrogen-bond donors (Lipinski definition) is 0. The van der Waals surface area contributed by atoms with Gasteiger partial charge in [-0.1, -0.05) is 44.9 Å². The summed E-state index contributed by atoms with van der Waals surface area (Å²) in [4.78, 5) is 0. The van der Waals surface area contributed by atoms with Crippen molar-refractivity contribution in [2.75, 3.05) is 0 Å². The van der Waals surface area contributed by atoms with Crippen molar-refractivity contribution < 1.29 is 4.43 Å². The molecule has 0 aromatic carbocycles. The van der Waals surface area contributed by atoms with Crippen LogP contribution in [0.25, 0.3) is 0 Å². The lowest BCUT2D eigenvalue weighted by molar-refractivity contribution is 0.0543. The van der Waals surface area contributed by atoms with Gasteiger partial charge in [0.1, 0.15) is 0 Å². The molecule has 0 saturated heterocycles. The van der Waals surface area contributed by atoms with Crippen molar-refractivity contribution in [2.24, 2.45) is 5.92 Å².